The van der Waals surface area contributed by atoms with Gasteiger partial charge >= 0.3 is 0 Å². The van der Waals surface area contributed by atoms with Gasteiger partial charge in [0.1, 0.15) is 0 Å². The van der Waals surface area contributed by atoms with Crippen LogP contribution in [0.25, 0.3) is 0 Å². The zero-order valence-corrected chi connectivity index (χ0v) is 9.31. The summed E-state index contributed by atoms with van der Waals surface area (Å²) in [6.45, 7) is 1.55. The van der Waals surface area contributed by atoms with Crippen molar-refractivity contribution in [2.45, 2.75) is 6.54 Å². The van der Waals surface area contributed by atoms with Gasteiger partial charge in [-0.3, -0.25) is 4.98 Å². The molecule has 0 aromatic carbocycles. The summed E-state index contributed by atoms with van der Waals surface area (Å²) in [5.74, 6) is 0. The van der Waals surface area contributed by atoms with E-state index in [0.717, 1.165) is 5.56 Å². The summed E-state index contributed by atoms with van der Waals surface area (Å²) in [7, 11) is -1.62. The fraction of sp³-hybridized carbons (Fsp3) is 0.444. The third kappa shape index (κ3) is 2.01. The number of aromatic nitrogens is 1. The predicted octanol–water partition coefficient (Wildman–Crippen LogP) is 0.0738. The quantitative estimate of drug-likeness (QED) is 0.718. The van der Waals surface area contributed by atoms with Crippen LogP contribution in [0.15, 0.2) is 24.5 Å². The zero-order valence-electron chi connectivity index (χ0n) is 8.50. The molecule has 0 aliphatic carbocycles. The van der Waals surface area contributed by atoms with Crippen LogP contribution in [0.4, 0.5) is 0 Å². The molecule has 5 nitrogen and oxygen atoms in total. The van der Waals surface area contributed by atoms with Gasteiger partial charge in [-0.05, 0) is 17.7 Å². The maximum absolute atomic E-state index is 11.7. The zero-order chi connectivity index (χ0) is 10.9. The van der Waals surface area contributed by atoms with Gasteiger partial charge in [-0.15, -0.1) is 0 Å². The summed E-state index contributed by atoms with van der Waals surface area (Å²) in [6, 6.07) is 3.65. The summed E-state index contributed by atoms with van der Waals surface area (Å²) in [4.78, 5) is 3.89. The molecule has 0 unspecified atom stereocenters. The van der Waals surface area contributed by atoms with Crippen LogP contribution < -0.4 is 0 Å². The van der Waals surface area contributed by atoms with Crippen molar-refractivity contribution >= 4 is 10.2 Å². The summed E-state index contributed by atoms with van der Waals surface area (Å²) in [5.41, 5.74) is 0.962. The average Bonchev–Trinajstić information content (AvgIpc) is 2.47. The number of likely N-dealkylation sites (N-methyl/N-ethyl adjacent to an activating group) is 1. The average molecular weight is 227 g/mol. The first-order valence-corrected chi connectivity index (χ1v) is 6.11. The first kappa shape index (κ1) is 10.5. The van der Waals surface area contributed by atoms with E-state index in [4.69, 9.17) is 0 Å². The lowest BCUT2D eigenvalue weighted by molar-refractivity contribution is 0.444. The standard InChI is InChI=1S/C9H13N3O2S/c1-11-6-7-12(15(11,13)14)8-9-2-4-10-5-3-9/h2-5H,6-8H2,1H3. The smallest absolute Gasteiger partial charge is 0.265 e. The molecule has 0 amide bonds. The molecule has 0 spiro atoms. The lowest BCUT2D eigenvalue weighted by Gasteiger charge is -2.15. The number of rotatable bonds is 2. The van der Waals surface area contributed by atoms with Gasteiger partial charge in [0.15, 0.2) is 0 Å². The van der Waals surface area contributed by atoms with Gasteiger partial charge in [0.25, 0.3) is 10.2 Å². The van der Waals surface area contributed by atoms with Gasteiger partial charge < -0.3 is 0 Å². The highest BCUT2D eigenvalue weighted by Gasteiger charge is 2.33. The summed E-state index contributed by atoms with van der Waals surface area (Å²) in [5, 5.41) is 0. The Hall–Kier alpha value is -0.980. The van der Waals surface area contributed by atoms with Gasteiger partial charge in [-0.1, -0.05) is 0 Å². The van der Waals surface area contributed by atoms with E-state index >= 15 is 0 Å². The number of hydrogen-bond donors (Lipinski definition) is 0. The Bertz CT molecular complexity index is 432. The van der Waals surface area contributed by atoms with Crippen molar-refractivity contribution < 1.29 is 8.42 Å². The monoisotopic (exact) mass is 227 g/mol. The van der Waals surface area contributed by atoms with E-state index in [2.05, 4.69) is 4.98 Å². The highest BCUT2D eigenvalue weighted by molar-refractivity contribution is 7.86. The molecule has 0 saturated carbocycles. The highest BCUT2D eigenvalue weighted by atomic mass is 32.2. The van der Waals surface area contributed by atoms with Gasteiger partial charge in [-0.25, -0.2) is 0 Å². The molecule has 2 rings (SSSR count). The number of hydrogen-bond acceptors (Lipinski definition) is 3. The Morgan fingerprint density at radius 2 is 2.00 bits per heavy atom. The van der Waals surface area contributed by atoms with Crippen LogP contribution in [0.5, 0.6) is 0 Å². The van der Waals surface area contributed by atoms with Crippen molar-refractivity contribution in [3.63, 3.8) is 0 Å². The third-order valence-electron chi connectivity index (χ3n) is 2.49. The Morgan fingerprint density at radius 3 is 2.53 bits per heavy atom. The molecule has 1 aliphatic heterocycles. The summed E-state index contributed by atoms with van der Waals surface area (Å²) >= 11 is 0. The van der Waals surface area contributed by atoms with E-state index in [9.17, 15) is 8.42 Å². The van der Waals surface area contributed by atoms with E-state index in [-0.39, 0.29) is 0 Å². The molecule has 0 N–H and O–H groups in total. The van der Waals surface area contributed by atoms with Crippen LogP contribution in [0.1, 0.15) is 5.56 Å². The fourth-order valence-corrected chi connectivity index (χ4v) is 2.86. The lowest BCUT2D eigenvalue weighted by atomic mass is 10.3. The molecule has 0 bridgehead atoms. The van der Waals surface area contributed by atoms with Crippen LogP contribution in [0, 0.1) is 0 Å². The van der Waals surface area contributed by atoms with Gasteiger partial charge in [0.05, 0.1) is 0 Å². The molecule has 1 fully saturated rings. The molecule has 1 aromatic heterocycles. The predicted molar refractivity (Wildman–Crippen MR) is 56.2 cm³/mol. The minimum absolute atomic E-state index is 0.426. The van der Waals surface area contributed by atoms with Crippen LogP contribution in [-0.2, 0) is 16.8 Å². The first-order chi connectivity index (χ1) is 7.10. The van der Waals surface area contributed by atoms with Gasteiger partial charge in [0, 0.05) is 39.1 Å². The molecule has 1 aromatic rings. The Labute approximate surface area is 89.5 Å². The second-order valence-corrected chi connectivity index (χ2v) is 5.55. The minimum atomic E-state index is -3.22. The van der Waals surface area contributed by atoms with Crippen molar-refractivity contribution in [2.75, 3.05) is 20.1 Å². The summed E-state index contributed by atoms with van der Waals surface area (Å²) < 4.78 is 26.3. The van der Waals surface area contributed by atoms with E-state index < -0.39 is 10.2 Å². The maximum Gasteiger partial charge on any atom is 0.282 e. The number of pyridine rings is 1. The molecular formula is C9H13N3O2S. The first-order valence-electron chi connectivity index (χ1n) is 4.71. The minimum Gasteiger partial charge on any atom is -0.265 e. The molecule has 2 heterocycles. The van der Waals surface area contributed by atoms with Crippen molar-refractivity contribution in [3.8, 4) is 0 Å². The molecular weight excluding hydrogens is 214 g/mol. The van der Waals surface area contributed by atoms with Crippen LogP contribution >= 0.6 is 0 Å². The summed E-state index contributed by atoms with van der Waals surface area (Å²) in [6.07, 6.45) is 3.34. The van der Waals surface area contributed by atoms with Gasteiger partial charge in [-0.2, -0.15) is 17.0 Å². The second kappa shape index (κ2) is 3.88. The van der Waals surface area contributed by atoms with Crippen molar-refractivity contribution in [1.82, 2.24) is 13.6 Å². The normalized spacial score (nSPS) is 21.9. The Kier molecular flexibility index (Phi) is 2.72. The molecule has 1 saturated heterocycles. The van der Waals surface area contributed by atoms with Gasteiger partial charge in [0.2, 0.25) is 0 Å². The highest BCUT2D eigenvalue weighted by Crippen LogP contribution is 2.16. The topological polar surface area (TPSA) is 53.5 Å². The molecule has 1 aliphatic rings. The third-order valence-corrected chi connectivity index (χ3v) is 4.43. The second-order valence-electron chi connectivity index (χ2n) is 3.52. The van der Waals surface area contributed by atoms with E-state index in [1.165, 1.54) is 8.61 Å². The molecule has 0 atom stereocenters. The maximum atomic E-state index is 11.7. The van der Waals surface area contributed by atoms with Crippen molar-refractivity contribution in [3.05, 3.63) is 30.1 Å². The van der Waals surface area contributed by atoms with E-state index in [1.807, 2.05) is 12.1 Å². The molecule has 0 radical (unpaired) electrons. The Morgan fingerprint density at radius 1 is 1.33 bits per heavy atom. The largest absolute Gasteiger partial charge is 0.282 e. The van der Waals surface area contributed by atoms with E-state index in [1.54, 1.807) is 19.4 Å². The molecule has 82 valence electrons. The van der Waals surface area contributed by atoms with Crippen LogP contribution in [0.2, 0.25) is 0 Å². The van der Waals surface area contributed by atoms with Crippen LogP contribution in [-0.4, -0.2) is 42.1 Å². The fourth-order valence-electron chi connectivity index (χ4n) is 1.53. The molecule has 15 heavy (non-hydrogen) atoms. The Balaban J connectivity index is 2.15. The van der Waals surface area contributed by atoms with Crippen LogP contribution in [0.3, 0.4) is 0 Å². The van der Waals surface area contributed by atoms with Crippen molar-refractivity contribution in [2.24, 2.45) is 0 Å². The van der Waals surface area contributed by atoms with Crippen molar-refractivity contribution in [1.29, 1.82) is 0 Å². The molecule has 6 heteroatoms. The number of nitrogens with zero attached hydrogens (tertiary/aromatic N) is 3. The SMILES string of the molecule is CN1CCN(Cc2ccncc2)S1(=O)=O. The lowest BCUT2D eigenvalue weighted by Crippen LogP contribution is -2.30. The van der Waals surface area contributed by atoms with E-state index in [0.29, 0.717) is 19.6 Å².